The number of amides is 2. The molecule has 0 fully saturated rings. The van der Waals surface area contributed by atoms with E-state index in [0.29, 0.717) is 30.3 Å². The highest BCUT2D eigenvalue weighted by molar-refractivity contribution is 9.10. The number of carbonyl (C=O) groups is 2. The van der Waals surface area contributed by atoms with Crippen LogP contribution in [0.3, 0.4) is 0 Å². The highest BCUT2D eigenvalue weighted by Crippen LogP contribution is 2.30. The van der Waals surface area contributed by atoms with E-state index in [1.54, 1.807) is 42.5 Å². The van der Waals surface area contributed by atoms with E-state index in [1.807, 2.05) is 0 Å². The van der Waals surface area contributed by atoms with E-state index in [-0.39, 0.29) is 18.2 Å². The van der Waals surface area contributed by atoms with Gasteiger partial charge in [0.25, 0.3) is 5.91 Å². The monoisotopic (exact) mass is 390 g/mol. The van der Waals surface area contributed by atoms with Crippen molar-refractivity contribution in [3.05, 3.63) is 58.1 Å². The first-order chi connectivity index (χ1) is 11.6. The van der Waals surface area contributed by atoms with Crippen molar-refractivity contribution in [2.75, 3.05) is 13.2 Å². The van der Waals surface area contributed by atoms with Crippen LogP contribution in [0.2, 0.25) is 0 Å². The van der Waals surface area contributed by atoms with Crippen LogP contribution in [0, 0.1) is 0 Å². The second kappa shape index (κ2) is 7.35. The predicted molar refractivity (Wildman–Crippen MR) is 90.9 cm³/mol. The number of halogens is 1. The first-order valence-electron chi connectivity index (χ1n) is 7.35. The topological polar surface area (TPSA) is 76.7 Å². The summed E-state index contributed by atoms with van der Waals surface area (Å²) in [4.78, 5) is 23.9. The van der Waals surface area contributed by atoms with Gasteiger partial charge < -0.3 is 9.47 Å². The van der Waals surface area contributed by atoms with E-state index < -0.39 is 0 Å². The van der Waals surface area contributed by atoms with Gasteiger partial charge in [0.05, 0.1) is 6.42 Å². The molecule has 7 heteroatoms. The van der Waals surface area contributed by atoms with Gasteiger partial charge in [0.1, 0.15) is 13.2 Å². The van der Waals surface area contributed by atoms with Gasteiger partial charge >= 0.3 is 0 Å². The van der Waals surface area contributed by atoms with Crippen molar-refractivity contribution in [1.82, 2.24) is 10.9 Å². The molecule has 0 bridgehead atoms. The highest BCUT2D eigenvalue weighted by Gasteiger charge is 2.13. The van der Waals surface area contributed by atoms with E-state index in [9.17, 15) is 9.59 Å². The molecule has 0 aromatic heterocycles. The Balaban J connectivity index is 1.54. The number of hydrazine groups is 1. The smallest absolute Gasteiger partial charge is 0.269 e. The van der Waals surface area contributed by atoms with Crippen LogP contribution >= 0.6 is 15.9 Å². The van der Waals surface area contributed by atoms with Gasteiger partial charge in [-0.15, -0.1) is 0 Å². The van der Waals surface area contributed by atoms with Gasteiger partial charge in [-0.25, -0.2) is 0 Å². The molecule has 1 aliphatic rings. The largest absolute Gasteiger partial charge is 0.486 e. The molecule has 1 aliphatic heterocycles. The van der Waals surface area contributed by atoms with Crippen molar-refractivity contribution in [2.24, 2.45) is 0 Å². The van der Waals surface area contributed by atoms with Gasteiger partial charge in [-0.3, -0.25) is 20.4 Å². The van der Waals surface area contributed by atoms with Gasteiger partial charge in [0.2, 0.25) is 5.91 Å². The summed E-state index contributed by atoms with van der Waals surface area (Å²) >= 11 is 3.30. The molecule has 124 valence electrons. The Morgan fingerprint density at radius 3 is 2.42 bits per heavy atom. The number of benzene rings is 2. The SMILES string of the molecule is O=C(Cc1ccc2c(c1)OCCO2)NNC(=O)c1ccc(Br)cc1. The van der Waals surface area contributed by atoms with E-state index in [1.165, 1.54) is 0 Å². The lowest BCUT2D eigenvalue weighted by atomic mass is 10.1. The van der Waals surface area contributed by atoms with Crippen LogP contribution in [-0.4, -0.2) is 25.0 Å². The second-order valence-electron chi connectivity index (χ2n) is 5.16. The van der Waals surface area contributed by atoms with Crippen LogP contribution in [0.1, 0.15) is 15.9 Å². The van der Waals surface area contributed by atoms with E-state index in [2.05, 4.69) is 26.8 Å². The third kappa shape index (κ3) is 4.05. The fourth-order valence-corrected chi connectivity index (χ4v) is 2.49. The van der Waals surface area contributed by atoms with Crippen molar-refractivity contribution >= 4 is 27.7 Å². The first kappa shape index (κ1) is 16.3. The Hall–Kier alpha value is -2.54. The van der Waals surface area contributed by atoms with E-state index in [4.69, 9.17) is 9.47 Å². The molecule has 6 nitrogen and oxygen atoms in total. The van der Waals surface area contributed by atoms with Crippen molar-refractivity contribution in [3.63, 3.8) is 0 Å². The third-order valence-electron chi connectivity index (χ3n) is 3.39. The average molecular weight is 391 g/mol. The maximum atomic E-state index is 12.0. The molecule has 0 spiro atoms. The molecule has 0 aliphatic carbocycles. The zero-order chi connectivity index (χ0) is 16.9. The number of hydrogen-bond acceptors (Lipinski definition) is 4. The molecule has 3 rings (SSSR count). The molecule has 1 heterocycles. The summed E-state index contributed by atoms with van der Waals surface area (Å²) in [6, 6.07) is 12.2. The van der Waals surface area contributed by atoms with Crippen molar-refractivity contribution in [2.45, 2.75) is 6.42 Å². The number of rotatable bonds is 3. The fraction of sp³-hybridized carbons (Fsp3) is 0.176. The molecule has 0 unspecified atom stereocenters. The maximum absolute atomic E-state index is 12.0. The summed E-state index contributed by atoms with van der Waals surface area (Å²) in [6.07, 6.45) is 0.122. The third-order valence-corrected chi connectivity index (χ3v) is 3.92. The number of hydrogen-bond donors (Lipinski definition) is 2. The summed E-state index contributed by atoms with van der Waals surface area (Å²) in [5.41, 5.74) is 6.02. The normalized spacial score (nSPS) is 12.4. The van der Waals surface area contributed by atoms with E-state index in [0.717, 1.165) is 10.0 Å². The minimum atomic E-state index is -0.377. The maximum Gasteiger partial charge on any atom is 0.269 e. The quantitative estimate of drug-likeness (QED) is 0.787. The molecule has 0 atom stereocenters. The first-order valence-corrected chi connectivity index (χ1v) is 8.14. The highest BCUT2D eigenvalue weighted by atomic mass is 79.9. The van der Waals surface area contributed by atoms with E-state index >= 15 is 0 Å². The lowest BCUT2D eigenvalue weighted by molar-refractivity contribution is -0.121. The minimum Gasteiger partial charge on any atom is -0.486 e. The van der Waals surface area contributed by atoms with Gasteiger partial charge in [-0.1, -0.05) is 22.0 Å². The fourth-order valence-electron chi connectivity index (χ4n) is 2.23. The predicted octanol–water partition coefficient (Wildman–Crippen LogP) is 2.22. The molecular weight excluding hydrogens is 376 g/mol. The molecule has 24 heavy (non-hydrogen) atoms. The van der Waals surface area contributed by atoms with Crippen LogP contribution in [-0.2, 0) is 11.2 Å². The van der Waals surface area contributed by atoms with Crippen LogP contribution < -0.4 is 20.3 Å². The number of nitrogens with one attached hydrogen (secondary N) is 2. The molecule has 2 aromatic carbocycles. The Kier molecular flexibility index (Phi) is 5.00. The summed E-state index contributed by atoms with van der Waals surface area (Å²) in [6.45, 7) is 1.01. The summed E-state index contributed by atoms with van der Waals surface area (Å²) in [5.74, 6) is 0.606. The molecule has 2 N–H and O–H groups in total. The molecule has 0 radical (unpaired) electrons. The molecule has 2 aromatic rings. The zero-order valence-corrected chi connectivity index (χ0v) is 14.3. The van der Waals surface area contributed by atoms with Crippen LogP contribution in [0.4, 0.5) is 0 Å². The lowest BCUT2D eigenvalue weighted by Gasteiger charge is -2.18. The van der Waals surface area contributed by atoms with Crippen LogP contribution in [0.5, 0.6) is 11.5 Å². The lowest BCUT2D eigenvalue weighted by Crippen LogP contribution is -2.42. The Labute approximate surface area is 147 Å². The molecule has 0 saturated heterocycles. The molecular formula is C17H15BrN2O4. The van der Waals surface area contributed by atoms with Crippen molar-refractivity contribution in [3.8, 4) is 11.5 Å². The number of carbonyl (C=O) groups excluding carboxylic acids is 2. The Bertz CT molecular complexity index is 762. The number of fused-ring (bicyclic) bond motifs is 1. The second-order valence-corrected chi connectivity index (χ2v) is 6.08. The van der Waals surface area contributed by atoms with Gasteiger partial charge in [-0.2, -0.15) is 0 Å². The standard InChI is InChI=1S/C17H15BrN2O4/c18-13-4-2-12(3-5-13)17(22)20-19-16(21)10-11-1-6-14-15(9-11)24-8-7-23-14/h1-6,9H,7-8,10H2,(H,19,21)(H,20,22). The number of ether oxygens (including phenoxy) is 2. The van der Waals surface area contributed by atoms with Gasteiger partial charge in [-0.05, 0) is 42.0 Å². The van der Waals surface area contributed by atoms with Crippen molar-refractivity contribution < 1.29 is 19.1 Å². The summed E-state index contributed by atoms with van der Waals surface area (Å²) in [5, 5.41) is 0. The average Bonchev–Trinajstić information content (AvgIpc) is 2.60. The van der Waals surface area contributed by atoms with Gasteiger partial charge in [0.15, 0.2) is 11.5 Å². The van der Waals surface area contributed by atoms with Crippen LogP contribution in [0.15, 0.2) is 46.9 Å². The van der Waals surface area contributed by atoms with Gasteiger partial charge in [0, 0.05) is 10.0 Å². The minimum absolute atomic E-state index is 0.122. The Morgan fingerprint density at radius 2 is 1.67 bits per heavy atom. The molecule has 2 amide bonds. The summed E-state index contributed by atoms with van der Waals surface area (Å²) < 4.78 is 11.8. The zero-order valence-electron chi connectivity index (χ0n) is 12.7. The van der Waals surface area contributed by atoms with Crippen LogP contribution in [0.25, 0.3) is 0 Å². The van der Waals surface area contributed by atoms with Crippen molar-refractivity contribution in [1.29, 1.82) is 0 Å². The summed E-state index contributed by atoms with van der Waals surface area (Å²) in [7, 11) is 0. The molecule has 0 saturated carbocycles. The Morgan fingerprint density at radius 1 is 0.958 bits per heavy atom.